The second-order valence-corrected chi connectivity index (χ2v) is 7.19. The van der Waals surface area contributed by atoms with Gasteiger partial charge in [-0.3, -0.25) is 4.79 Å². The van der Waals surface area contributed by atoms with Crippen LogP contribution in [-0.4, -0.2) is 24.5 Å². The van der Waals surface area contributed by atoms with E-state index in [1.165, 1.54) is 16.9 Å². The van der Waals surface area contributed by atoms with Gasteiger partial charge >= 0.3 is 0 Å². The maximum Gasteiger partial charge on any atom is 0.270 e. The molecule has 0 atom stereocenters. The van der Waals surface area contributed by atoms with Gasteiger partial charge in [-0.15, -0.1) is 11.3 Å². The molecule has 2 N–H and O–H groups in total. The Morgan fingerprint density at radius 3 is 2.63 bits per heavy atom. The Morgan fingerprint density at radius 1 is 1.15 bits per heavy atom. The Morgan fingerprint density at radius 2 is 1.93 bits per heavy atom. The van der Waals surface area contributed by atoms with E-state index in [0.717, 1.165) is 29.0 Å². The van der Waals surface area contributed by atoms with Crippen molar-refractivity contribution in [2.24, 2.45) is 0 Å². The van der Waals surface area contributed by atoms with E-state index in [-0.39, 0.29) is 5.91 Å². The monoisotopic (exact) mass is 381 g/mol. The molecule has 0 bridgehead atoms. The number of nitrogens with one attached hydrogen (secondary N) is 2. The summed E-state index contributed by atoms with van der Waals surface area (Å²) in [6.45, 7) is 4.67. The average molecular weight is 382 g/mol. The van der Waals surface area contributed by atoms with Crippen LogP contribution in [0.1, 0.15) is 27.2 Å². The molecule has 140 valence electrons. The maximum absolute atomic E-state index is 12.3. The maximum atomic E-state index is 12.3. The Hall–Kier alpha value is -2.86. The van der Waals surface area contributed by atoms with Crippen molar-refractivity contribution in [1.82, 2.24) is 10.3 Å². The van der Waals surface area contributed by atoms with Gasteiger partial charge in [-0.2, -0.15) is 0 Å². The Kier molecular flexibility index (Phi) is 6.08. The van der Waals surface area contributed by atoms with E-state index in [0.29, 0.717) is 17.4 Å². The first-order chi connectivity index (χ1) is 13.0. The highest BCUT2D eigenvalue weighted by atomic mass is 32.1. The molecule has 0 radical (unpaired) electrons. The van der Waals surface area contributed by atoms with Gasteiger partial charge in [0.25, 0.3) is 5.91 Å². The summed E-state index contributed by atoms with van der Waals surface area (Å²) in [4.78, 5) is 16.7. The lowest BCUT2D eigenvalue weighted by Gasteiger charge is -2.07. The van der Waals surface area contributed by atoms with Crippen molar-refractivity contribution in [2.45, 2.75) is 20.3 Å². The SMILES string of the molecule is COc1ccc(CCNC(=O)c2csc(Nc3ccc(C)cc3C)n2)cc1. The molecular weight excluding hydrogens is 358 g/mol. The van der Waals surface area contributed by atoms with Crippen LogP contribution in [0.15, 0.2) is 47.8 Å². The van der Waals surface area contributed by atoms with Crippen molar-refractivity contribution in [1.29, 1.82) is 0 Å². The molecule has 1 amide bonds. The van der Waals surface area contributed by atoms with Gasteiger partial charge in [-0.05, 0) is 49.6 Å². The summed E-state index contributed by atoms with van der Waals surface area (Å²) in [5, 5.41) is 8.68. The van der Waals surface area contributed by atoms with Crippen LogP contribution in [0.25, 0.3) is 0 Å². The molecule has 27 heavy (non-hydrogen) atoms. The highest BCUT2D eigenvalue weighted by molar-refractivity contribution is 7.14. The minimum absolute atomic E-state index is 0.159. The van der Waals surface area contributed by atoms with Gasteiger partial charge in [0.15, 0.2) is 5.13 Å². The number of thiazole rings is 1. The number of rotatable bonds is 7. The summed E-state index contributed by atoms with van der Waals surface area (Å²) in [5.41, 5.74) is 4.94. The third kappa shape index (κ3) is 5.08. The van der Waals surface area contributed by atoms with Crippen LogP contribution in [-0.2, 0) is 6.42 Å². The minimum atomic E-state index is -0.159. The van der Waals surface area contributed by atoms with E-state index >= 15 is 0 Å². The van der Waals surface area contributed by atoms with Crippen LogP contribution >= 0.6 is 11.3 Å². The molecular formula is C21H23N3O2S. The Labute approximate surface area is 163 Å². The predicted molar refractivity (Wildman–Crippen MR) is 110 cm³/mol. The standard InChI is InChI=1S/C21H23N3O2S/c1-14-4-9-18(15(2)12-14)23-21-24-19(13-27-21)20(25)22-11-10-16-5-7-17(26-3)8-6-16/h4-9,12-13H,10-11H2,1-3H3,(H,22,25)(H,23,24). The third-order valence-corrected chi connectivity index (χ3v) is 4.98. The number of amides is 1. The first kappa shape index (κ1) is 18.9. The van der Waals surface area contributed by atoms with E-state index in [9.17, 15) is 4.79 Å². The van der Waals surface area contributed by atoms with Gasteiger partial charge in [0.1, 0.15) is 11.4 Å². The van der Waals surface area contributed by atoms with E-state index in [1.807, 2.05) is 30.3 Å². The van der Waals surface area contributed by atoms with Crippen LogP contribution in [0.3, 0.4) is 0 Å². The number of benzene rings is 2. The number of aryl methyl sites for hydroxylation is 2. The third-order valence-electron chi connectivity index (χ3n) is 4.22. The van der Waals surface area contributed by atoms with Crippen LogP contribution < -0.4 is 15.4 Å². The van der Waals surface area contributed by atoms with Gasteiger partial charge in [0.05, 0.1) is 7.11 Å². The summed E-state index contributed by atoms with van der Waals surface area (Å²) >= 11 is 1.42. The molecule has 0 unspecified atom stereocenters. The lowest BCUT2D eigenvalue weighted by atomic mass is 10.1. The highest BCUT2D eigenvalue weighted by Crippen LogP contribution is 2.24. The lowest BCUT2D eigenvalue weighted by molar-refractivity contribution is 0.0950. The number of nitrogens with zero attached hydrogens (tertiary/aromatic N) is 1. The fourth-order valence-corrected chi connectivity index (χ4v) is 3.41. The van der Waals surface area contributed by atoms with E-state index in [1.54, 1.807) is 12.5 Å². The van der Waals surface area contributed by atoms with Crippen LogP contribution in [0.4, 0.5) is 10.8 Å². The zero-order valence-corrected chi connectivity index (χ0v) is 16.5. The number of ether oxygens (including phenoxy) is 1. The van der Waals surface area contributed by atoms with Crippen molar-refractivity contribution in [2.75, 3.05) is 19.0 Å². The highest BCUT2D eigenvalue weighted by Gasteiger charge is 2.11. The molecule has 3 aromatic rings. The topological polar surface area (TPSA) is 63.2 Å². The molecule has 3 rings (SSSR count). The number of carbonyl (C=O) groups is 1. The zero-order valence-electron chi connectivity index (χ0n) is 15.7. The quantitative estimate of drug-likeness (QED) is 0.633. The molecule has 1 aromatic heterocycles. The van der Waals surface area contributed by atoms with E-state index in [4.69, 9.17) is 4.74 Å². The summed E-state index contributed by atoms with van der Waals surface area (Å²) in [6.07, 6.45) is 0.757. The molecule has 0 aliphatic rings. The van der Waals surface area contributed by atoms with E-state index in [2.05, 4.69) is 41.6 Å². The first-order valence-electron chi connectivity index (χ1n) is 8.76. The van der Waals surface area contributed by atoms with Crippen molar-refractivity contribution in [3.63, 3.8) is 0 Å². The van der Waals surface area contributed by atoms with Crippen LogP contribution in [0.2, 0.25) is 0 Å². The Balaban J connectivity index is 1.53. The van der Waals surface area contributed by atoms with Crippen molar-refractivity contribution >= 4 is 28.1 Å². The second-order valence-electron chi connectivity index (χ2n) is 6.34. The van der Waals surface area contributed by atoms with Crippen molar-refractivity contribution in [3.8, 4) is 5.75 Å². The number of aromatic nitrogens is 1. The van der Waals surface area contributed by atoms with Gasteiger partial charge in [-0.1, -0.05) is 29.8 Å². The molecule has 1 heterocycles. The fourth-order valence-electron chi connectivity index (χ4n) is 2.71. The molecule has 0 saturated carbocycles. The summed E-state index contributed by atoms with van der Waals surface area (Å²) < 4.78 is 5.14. The zero-order chi connectivity index (χ0) is 19.2. The van der Waals surface area contributed by atoms with Crippen molar-refractivity contribution < 1.29 is 9.53 Å². The van der Waals surface area contributed by atoms with Crippen molar-refractivity contribution in [3.05, 3.63) is 70.2 Å². The minimum Gasteiger partial charge on any atom is -0.497 e. The smallest absolute Gasteiger partial charge is 0.270 e. The average Bonchev–Trinajstić information content (AvgIpc) is 3.13. The molecule has 2 aromatic carbocycles. The van der Waals surface area contributed by atoms with Gasteiger partial charge in [0.2, 0.25) is 0 Å². The molecule has 0 fully saturated rings. The number of hydrogen-bond donors (Lipinski definition) is 2. The molecule has 0 spiro atoms. The van der Waals surface area contributed by atoms with Gasteiger partial charge in [-0.25, -0.2) is 4.98 Å². The normalized spacial score (nSPS) is 10.5. The molecule has 0 saturated heterocycles. The number of methoxy groups -OCH3 is 1. The summed E-state index contributed by atoms with van der Waals surface area (Å²) in [5.74, 6) is 0.669. The summed E-state index contributed by atoms with van der Waals surface area (Å²) in [7, 11) is 1.65. The fraction of sp³-hybridized carbons (Fsp3) is 0.238. The number of hydrogen-bond acceptors (Lipinski definition) is 5. The second kappa shape index (κ2) is 8.68. The number of carbonyl (C=O) groups excluding carboxylic acids is 1. The largest absolute Gasteiger partial charge is 0.497 e. The molecule has 5 nitrogen and oxygen atoms in total. The van der Waals surface area contributed by atoms with Gasteiger partial charge in [0, 0.05) is 17.6 Å². The molecule has 6 heteroatoms. The first-order valence-corrected chi connectivity index (χ1v) is 9.64. The molecule has 0 aliphatic carbocycles. The summed E-state index contributed by atoms with van der Waals surface area (Å²) in [6, 6.07) is 14.0. The Bertz CT molecular complexity index is 919. The van der Waals surface area contributed by atoms with Crippen LogP contribution in [0.5, 0.6) is 5.75 Å². The number of anilines is 2. The van der Waals surface area contributed by atoms with Crippen LogP contribution in [0, 0.1) is 13.8 Å². The van der Waals surface area contributed by atoms with Gasteiger partial charge < -0.3 is 15.4 Å². The lowest BCUT2D eigenvalue weighted by Crippen LogP contribution is -2.25. The van der Waals surface area contributed by atoms with E-state index < -0.39 is 0 Å². The predicted octanol–water partition coefficient (Wildman–Crippen LogP) is 4.48. The molecule has 0 aliphatic heterocycles.